The first kappa shape index (κ1) is 32.8. The van der Waals surface area contributed by atoms with Crippen LogP contribution in [0.25, 0.3) is 0 Å². The molecule has 1 heteroatoms. The normalized spacial score (nSPS) is 41.3. The summed E-state index contributed by atoms with van der Waals surface area (Å²) in [6.07, 6.45) is 17.7. The number of hydrogen-bond acceptors (Lipinski definition) is 0. The van der Waals surface area contributed by atoms with Crippen molar-refractivity contribution in [3.05, 3.63) is 60.7 Å². The van der Waals surface area contributed by atoms with Gasteiger partial charge >= 0.3 is 0 Å². The second-order valence-electron chi connectivity index (χ2n) is 21.1. The van der Waals surface area contributed by atoms with Crippen LogP contribution in [-0.2, 0) is 0 Å². The summed E-state index contributed by atoms with van der Waals surface area (Å²) < 4.78 is 0. The minimum absolute atomic E-state index is 0.484. The molecule has 0 radical (unpaired) electrons. The highest BCUT2D eigenvalue weighted by Crippen LogP contribution is 2.69. The summed E-state index contributed by atoms with van der Waals surface area (Å²) in [5.74, 6) is 7.33. The Kier molecular flexibility index (Phi) is 7.92. The van der Waals surface area contributed by atoms with Crippen LogP contribution in [0.1, 0.15) is 132 Å². The van der Waals surface area contributed by atoms with Gasteiger partial charge in [-0.15, -0.1) is 0 Å². The van der Waals surface area contributed by atoms with Crippen molar-refractivity contribution in [2.24, 2.45) is 69.0 Å². The molecular weight excluding hydrogens is 581 g/mol. The van der Waals surface area contributed by atoms with Gasteiger partial charge in [-0.05, 0) is 131 Å². The topological polar surface area (TPSA) is 0 Å². The van der Waals surface area contributed by atoms with Gasteiger partial charge in [0.2, 0.25) is 0 Å². The van der Waals surface area contributed by atoms with E-state index in [9.17, 15) is 0 Å². The summed E-state index contributed by atoms with van der Waals surface area (Å²) in [4.78, 5) is 0. The summed E-state index contributed by atoms with van der Waals surface area (Å²) in [5.41, 5.74) is 3.76. The molecule has 0 heterocycles. The lowest BCUT2D eigenvalue weighted by molar-refractivity contribution is -0.0735. The van der Waals surface area contributed by atoms with Crippen molar-refractivity contribution in [1.82, 2.24) is 0 Å². The van der Waals surface area contributed by atoms with Gasteiger partial charge < -0.3 is 0 Å². The Labute approximate surface area is 290 Å². The van der Waals surface area contributed by atoms with Gasteiger partial charge in [0.25, 0.3) is 0 Å². The monoisotopic (exact) mass is 649 g/mol. The average Bonchev–Trinajstić information content (AvgIpc) is 3.67. The van der Waals surface area contributed by atoms with Crippen molar-refractivity contribution >= 4 is 18.4 Å². The molecule has 6 saturated carbocycles. The highest BCUT2D eigenvalue weighted by Gasteiger charge is 2.64. The lowest BCUT2D eigenvalue weighted by Gasteiger charge is -2.60. The van der Waals surface area contributed by atoms with E-state index in [4.69, 9.17) is 0 Å². The molecule has 8 rings (SSSR count). The summed E-state index contributed by atoms with van der Waals surface area (Å²) in [7, 11) is -2.18. The van der Waals surface area contributed by atoms with Crippen molar-refractivity contribution in [3.8, 4) is 0 Å². The summed E-state index contributed by atoms with van der Waals surface area (Å²) >= 11 is 0. The van der Waals surface area contributed by atoms with Crippen LogP contribution in [0.3, 0.4) is 0 Å². The molecule has 0 saturated heterocycles. The maximum atomic E-state index is 2.66. The van der Waals surface area contributed by atoms with Gasteiger partial charge in [-0.1, -0.05) is 152 Å². The molecule has 0 bridgehead atoms. The van der Waals surface area contributed by atoms with Gasteiger partial charge in [0, 0.05) is 0 Å². The fraction of sp³-hybridized carbons (Fsp3) is 0.739. The fourth-order valence-corrected chi connectivity index (χ4v) is 22.3. The van der Waals surface area contributed by atoms with Crippen LogP contribution < -0.4 is 10.4 Å². The van der Waals surface area contributed by atoms with Gasteiger partial charge in [-0.2, -0.15) is 0 Å². The van der Waals surface area contributed by atoms with Crippen LogP contribution in [0, 0.1) is 69.0 Å². The predicted molar refractivity (Wildman–Crippen MR) is 204 cm³/mol. The first-order valence-electron chi connectivity index (χ1n) is 20.4. The molecule has 256 valence electrons. The molecule has 6 aliphatic carbocycles. The zero-order valence-electron chi connectivity index (χ0n) is 31.5. The fourth-order valence-electron chi connectivity index (χ4n) is 14.8. The van der Waals surface area contributed by atoms with E-state index in [1.165, 1.54) is 77.0 Å². The Bertz CT molecular complexity index is 1310. The van der Waals surface area contributed by atoms with Crippen molar-refractivity contribution in [2.75, 3.05) is 0 Å². The first-order chi connectivity index (χ1) is 22.3. The molecule has 0 aromatic heterocycles. The number of benzene rings is 2. The molecule has 10 unspecified atom stereocenters. The van der Waals surface area contributed by atoms with E-state index in [0.717, 1.165) is 58.4 Å². The van der Waals surface area contributed by atoms with E-state index in [1.807, 2.05) is 0 Å². The van der Waals surface area contributed by atoms with Gasteiger partial charge in [0.1, 0.15) is 8.07 Å². The van der Waals surface area contributed by atoms with E-state index < -0.39 is 8.07 Å². The zero-order valence-corrected chi connectivity index (χ0v) is 32.5. The van der Waals surface area contributed by atoms with Crippen LogP contribution in [0.15, 0.2) is 60.7 Å². The zero-order chi connectivity index (χ0) is 33.0. The average molecular weight is 649 g/mol. The van der Waals surface area contributed by atoms with Crippen molar-refractivity contribution in [1.29, 1.82) is 0 Å². The van der Waals surface area contributed by atoms with Gasteiger partial charge in [-0.3, -0.25) is 0 Å². The lowest BCUT2D eigenvalue weighted by Crippen LogP contribution is -2.67. The standard InChI is InChI=1S/C46H68Si/c1-43(2)23-25-45(5,6)39-29-35-31(27-37(39)43)19-21-41(35)47(33-15-11-9-12-16-33,34-17-13-10-14-18-34)42-22-20-32-28-38-40(30-36(32)42)46(7,8)26-24-44(38,3)4/h9-18,31-32,35-42H,19-30H2,1-8H3. The van der Waals surface area contributed by atoms with Crippen LogP contribution in [0.5, 0.6) is 0 Å². The van der Waals surface area contributed by atoms with E-state index in [-0.39, 0.29) is 0 Å². The number of hydrogen-bond donors (Lipinski definition) is 0. The van der Waals surface area contributed by atoms with Crippen LogP contribution >= 0.6 is 0 Å². The van der Waals surface area contributed by atoms with Gasteiger partial charge in [0.15, 0.2) is 0 Å². The van der Waals surface area contributed by atoms with Crippen LogP contribution in [0.4, 0.5) is 0 Å². The first-order valence-corrected chi connectivity index (χ1v) is 22.5. The Hall–Kier alpha value is -1.34. The summed E-state index contributed by atoms with van der Waals surface area (Å²) in [6, 6.07) is 24.9. The molecule has 0 N–H and O–H groups in total. The van der Waals surface area contributed by atoms with Gasteiger partial charge in [0.05, 0.1) is 0 Å². The van der Waals surface area contributed by atoms with Gasteiger partial charge in [-0.25, -0.2) is 0 Å². The molecule has 0 aliphatic heterocycles. The maximum absolute atomic E-state index is 2.66. The number of fused-ring (bicyclic) bond motifs is 4. The van der Waals surface area contributed by atoms with E-state index in [2.05, 4.69) is 116 Å². The molecule has 6 aliphatic rings. The van der Waals surface area contributed by atoms with Crippen LogP contribution in [0.2, 0.25) is 11.1 Å². The number of rotatable bonds is 4. The molecule has 2 aromatic carbocycles. The Balaban J connectivity index is 1.26. The Morgan fingerprint density at radius 3 is 1.09 bits per heavy atom. The van der Waals surface area contributed by atoms with Crippen LogP contribution in [-0.4, -0.2) is 8.07 Å². The molecule has 0 amide bonds. The quantitative estimate of drug-likeness (QED) is 0.289. The predicted octanol–water partition coefficient (Wildman–Crippen LogP) is 11.8. The summed E-state index contributed by atoms with van der Waals surface area (Å²) in [6.45, 7) is 21.2. The third kappa shape index (κ3) is 5.07. The molecule has 6 fully saturated rings. The Morgan fingerprint density at radius 1 is 0.426 bits per heavy atom. The second kappa shape index (κ2) is 11.3. The van der Waals surface area contributed by atoms with E-state index in [1.54, 1.807) is 10.4 Å². The highest BCUT2D eigenvalue weighted by atomic mass is 28.3. The van der Waals surface area contributed by atoms with Crippen molar-refractivity contribution in [2.45, 2.75) is 144 Å². The molecule has 2 aromatic rings. The van der Waals surface area contributed by atoms with Crippen molar-refractivity contribution < 1.29 is 0 Å². The minimum atomic E-state index is -2.18. The third-order valence-electron chi connectivity index (χ3n) is 17.6. The molecular formula is C46H68Si. The molecule has 0 spiro atoms. The minimum Gasteiger partial charge on any atom is -0.0626 e. The van der Waals surface area contributed by atoms with Crippen molar-refractivity contribution in [3.63, 3.8) is 0 Å². The van der Waals surface area contributed by atoms with E-state index in [0.29, 0.717) is 21.7 Å². The molecule has 47 heavy (non-hydrogen) atoms. The summed E-state index contributed by atoms with van der Waals surface area (Å²) in [5, 5.41) is 3.61. The molecule has 0 nitrogen and oxygen atoms in total. The lowest BCUT2D eigenvalue weighted by atomic mass is 9.48. The Morgan fingerprint density at radius 2 is 0.745 bits per heavy atom. The largest absolute Gasteiger partial charge is 0.124 e. The maximum Gasteiger partial charge on any atom is 0.124 e. The third-order valence-corrected chi connectivity index (χ3v) is 23.9. The molecule has 10 atom stereocenters. The van der Waals surface area contributed by atoms with E-state index >= 15 is 0 Å². The SMILES string of the molecule is CC1(C)CCC(C)(C)C2CC3C(CCC3[Si](c3ccccc3)(c3ccccc3)C3CCC4CC5C(CC43)C(C)(C)CCC5(C)C)CC21. The highest BCUT2D eigenvalue weighted by molar-refractivity contribution is 7.04. The second-order valence-corrected chi connectivity index (χ2v) is 25.5. The smallest absolute Gasteiger partial charge is 0.0626 e.